The quantitative estimate of drug-likeness (QED) is 0.758. The Labute approximate surface area is 167 Å². The highest BCUT2D eigenvalue weighted by Crippen LogP contribution is 2.37. The van der Waals surface area contributed by atoms with Gasteiger partial charge in [-0.2, -0.15) is 0 Å². The Bertz CT molecular complexity index is 1030. The smallest absolute Gasteiger partial charge is 0.399 e. The van der Waals surface area contributed by atoms with Gasteiger partial charge in [-0.3, -0.25) is 9.36 Å². The third kappa shape index (κ3) is 2.97. The average molecular weight is 377 g/mol. The molecule has 0 atom stereocenters. The highest BCUT2D eigenvalue weighted by atomic mass is 16.7. The van der Waals surface area contributed by atoms with E-state index in [1.54, 1.807) is 0 Å². The number of fused-ring (bicyclic) bond motifs is 1. The molecule has 0 radical (unpaired) electrons. The molecule has 1 aromatic carbocycles. The zero-order chi connectivity index (χ0) is 20.1. The predicted octanol–water partition coefficient (Wildman–Crippen LogP) is 4.05. The Kier molecular flexibility index (Phi) is 4.63. The minimum atomic E-state index is -0.557. The first-order valence-corrected chi connectivity index (χ1v) is 10.2. The van der Waals surface area contributed by atoms with Gasteiger partial charge in [-0.05, 0) is 69.9 Å². The Hall–Kier alpha value is -2.11. The molecule has 1 saturated heterocycles. The number of rotatable bonds is 3. The van der Waals surface area contributed by atoms with Crippen LogP contribution in [0.4, 0.5) is 0 Å². The van der Waals surface area contributed by atoms with Gasteiger partial charge in [0.15, 0.2) is 0 Å². The molecule has 1 fully saturated rings. The van der Waals surface area contributed by atoms with Crippen molar-refractivity contribution < 1.29 is 9.31 Å². The van der Waals surface area contributed by atoms with Crippen LogP contribution in [0.5, 0.6) is 0 Å². The molecule has 0 bridgehead atoms. The van der Waals surface area contributed by atoms with Crippen molar-refractivity contribution in [1.82, 2.24) is 4.57 Å². The van der Waals surface area contributed by atoms with Crippen LogP contribution in [0.3, 0.4) is 0 Å². The second-order valence-corrected chi connectivity index (χ2v) is 8.64. The van der Waals surface area contributed by atoms with Crippen molar-refractivity contribution in [3.63, 3.8) is 0 Å². The molecule has 5 heteroatoms. The maximum absolute atomic E-state index is 13.7. The monoisotopic (exact) mass is 377 g/mol. The minimum absolute atomic E-state index is 0.00235. The molecular formula is C23H28BNO3. The summed E-state index contributed by atoms with van der Waals surface area (Å²) in [6, 6.07) is 8.05. The number of benzene rings is 1. The van der Waals surface area contributed by atoms with Gasteiger partial charge in [0.1, 0.15) is 0 Å². The van der Waals surface area contributed by atoms with Crippen molar-refractivity contribution in [2.45, 2.75) is 65.1 Å². The highest BCUT2D eigenvalue weighted by molar-refractivity contribution is 6.65. The van der Waals surface area contributed by atoms with Gasteiger partial charge in [0, 0.05) is 16.8 Å². The number of allylic oxidation sites excluding steroid dienone is 4. The minimum Gasteiger partial charge on any atom is -0.399 e. The second kappa shape index (κ2) is 6.75. The number of nitrogens with zero attached hydrogens (tertiary/aromatic N) is 1. The molecule has 2 aliphatic rings. The summed E-state index contributed by atoms with van der Waals surface area (Å²) in [4.78, 5) is 13.7. The molecular weight excluding hydrogens is 349 g/mol. The Morgan fingerprint density at radius 3 is 2.43 bits per heavy atom. The normalized spacial score (nSPS) is 20.6. The zero-order valence-corrected chi connectivity index (χ0v) is 17.4. The summed E-state index contributed by atoms with van der Waals surface area (Å²) in [7, 11) is -0.557. The Balaban J connectivity index is 1.94. The fourth-order valence-corrected chi connectivity index (χ4v) is 3.92. The topological polar surface area (TPSA) is 40.5 Å². The summed E-state index contributed by atoms with van der Waals surface area (Å²) in [5, 5.41) is 1.61. The second-order valence-electron chi connectivity index (χ2n) is 8.64. The van der Waals surface area contributed by atoms with Crippen molar-refractivity contribution in [1.29, 1.82) is 0 Å². The molecule has 0 spiro atoms. The van der Waals surface area contributed by atoms with Crippen LogP contribution in [0.1, 0.15) is 53.2 Å². The maximum atomic E-state index is 13.7. The average Bonchev–Trinajstić information content (AvgIpc) is 2.89. The van der Waals surface area contributed by atoms with Crippen molar-refractivity contribution in [2.24, 2.45) is 0 Å². The summed E-state index contributed by atoms with van der Waals surface area (Å²) in [5.74, 6) is 0. The van der Waals surface area contributed by atoms with E-state index in [-0.39, 0.29) is 5.56 Å². The van der Waals surface area contributed by atoms with E-state index in [2.05, 4.69) is 25.1 Å². The molecule has 2 heterocycles. The lowest BCUT2D eigenvalue weighted by molar-refractivity contribution is 0.00578. The van der Waals surface area contributed by atoms with E-state index in [1.165, 1.54) is 0 Å². The number of hydrogen-bond donors (Lipinski definition) is 0. The van der Waals surface area contributed by atoms with Gasteiger partial charge in [0.25, 0.3) is 5.56 Å². The molecule has 146 valence electrons. The van der Waals surface area contributed by atoms with Gasteiger partial charge in [-0.25, -0.2) is 0 Å². The lowest BCUT2D eigenvalue weighted by Gasteiger charge is -2.32. The maximum Gasteiger partial charge on any atom is 0.495 e. The van der Waals surface area contributed by atoms with Gasteiger partial charge in [0.05, 0.1) is 11.2 Å². The van der Waals surface area contributed by atoms with E-state index in [4.69, 9.17) is 9.31 Å². The number of aromatic nitrogens is 1. The summed E-state index contributed by atoms with van der Waals surface area (Å²) in [5.41, 5.74) is 1.88. The molecule has 0 N–H and O–H groups in total. The Morgan fingerprint density at radius 2 is 1.82 bits per heavy atom. The third-order valence-electron chi connectivity index (χ3n) is 6.26. The van der Waals surface area contributed by atoms with E-state index in [0.29, 0.717) is 5.39 Å². The van der Waals surface area contributed by atoms with E-state index in [1.807, 2.05) is 56.5 Å². The van der Waals surface area contributed by atoms with Crippen molar-refractivity contribution in [3.05, 3.63) is 58.5 Å². The molecule has 1 aliphatic carbocycles. The van der Waals surface area contributed by atoms with E-state index in [0.717, 1.165) is 41.5 Å². The lowest BCUT2D eigenvalue weighted by atomic mass is 9.76. The van der Waals surface area contributed by atoms with Crippen molar-refractivity contribution >= 4 is 29.1 Å². The van der Waals surface area contributed by atoms with Crippen LogP contribution in [0.25, 0.3) is 16.5 Å². The fourth-order valence-electron chi connectivity index (χ4n) is 3.92. The standard InChI is InChI=1S/C23H28BNO3/c1-6-17-15-16-11-10-14-19(24-27-22(2,3)23(4,5)28-24)20(16)21(26)25(17)18-12-8-7-9-13-18/h8,10-15H,6-7,9H2,1-5H3. The molecule has 2 aromatic rings. The van der Waals surface area contributed by atoms with Crippen LogP contribution >= 0.6 is 0 Å². The first kappa shape index (κ1) is 19.2. The lowest BCUT2D eigenvalue weighted by Crippen LogP contribution is -2.41. The third-order valence-corrected chi connectivity index (χ3v) is 6.26. The van der Waals surface area contributed by atoms with Crippen LogP contribution in [-0.2, 0) is 15.7 Å². The summed E-state index contributed by atoms with van der Waals surface area (Å²) >= 11 is 0. The number of aryl methyl sites for hydroxylation is 1. The van der Waals surface area contributed by atoms with Gasteiger partial charge in [-0.15, -0.1) is 0 Å². The fraction of sp³-hybridized carbons (Fsp3) is 0.435. The predicted molar refractivity (Wildman–Crippen MR) is 116 cm³/mol. The van der Waals surface area contributed by atoms with Crippen molar-refractivity contribution in [3.8, 4) is 0 Å². The summed E-state index contributed by atoms with van der Waals surface area (Å²) in [6.45, 7) is 10.2. The molecule has 4 nitrogen and oxygen atoms in total. The van der Waals surface area contributed by atoms with E-state index >= 15 is 0 Å². The summed E-state index contributed by atoms with van der Waals surface area (Å²) in [6.07, 6.45) is 9.09. The van der Waals surface area contributed by atoms with Crippen LogP contribution in [0.2, 0.25) is 0 Å². The number of hydrogen-bond acceptors (Lipinski definition) is 3. The van der Waals surface area contributed by atoms with E-state index in [9.17, 15) is 4.79 Å². The first-order valence-electron chi connectivity index (χ1n) is 10.2. The SMILES string of the molecule is CCc1cc2cccc(B3OC(C)(C)C(C)(C)O3)c2c(=O)n1C1=CCCC=C1. The van der Waals surface area contributed by atoms with Crippen LogP contribution in [0.15, 0.2) is 47.3 Å². The summed E-state index contributed by atoms with van der Waals surface area (Å²) < 4.78 is 14.4. The van der Waals surface area contributed by atoms with Gasteiger partial charge in [0.2, 0.25) is 0 Å². The van der Waals surface area contributed by atoms with Crippen LogP contribution < -0.4 is 11.0 Å². The highest BCUT2D eigenvalue weighted by Gasteiger charge is 2.52. The molecule has 0 amide bonds. The molecule has 28 heavy (non-hydrogen) atoms. The van der Waals surface area contributed by atoms with Gasteiger partial charge < -0.3 is 9.31 Å². The molecule has 1 aliphatic heterocycles. The first-order chi connectivity index (χ1) is 13.2. The van der Waals surface area contributed by atoms with Gasteiger partial charge in [-0.1, -0.05) is 37.3 Å². The van der Waals surface area contributed by atoms with Crippen LogP contribution in [-0.4, -0.2) is 22.9 Å². The largest absolute Gasteiger partial charge is 0.495 e. The number of pyridine rings is 1. The van der Waals surface area contributed by atoms with Crippen molar-refractivity contribution in [2.75, 3.05) is 0 Å². The molecule has 0 saturated carbocycles. The van der Waals surface area contributed by atoms with E-state index < -0.39 is 18.3 Å². The molecule has 1 aromatic heterocycles. The van der Waals surface area contributed by atoms with Gasteiger partial charge >= 0.3 is 7.12 Å². The Morgan fingerprint density at radius 1 is 1.11 bits per heavy atom. The van der Waals surface area contributed by atoms with Crippen LogP contribution in [0, 0.1) is 0 Å². The zero-order valence-electron chi connectivity index (χ0n) is 17.4. The molecule has 4 rings (SSSR count). The molecule has 0 unspecified atom stereocenters.